The van der Waals surface area contributed by atoms with Gasteiger partial charge in [0.1, 0.15) is 5.82 Å². The lowest BCUT2D eigenvalue weighted by Gasteiger charge is -2.28. The molecule has 0 radical (unpaired) electrons. The van der Waals surface area contributed by atoms with E-state index in [1.165, 1.54) is 25.8 Å². The monoisotopic (exact) mass is 328 g/mol. The van der Waals surface area contributed by atoms with Crippen molar-refractivity contribution in [2.24, 2.45) is 0 Å². The molecule has 1 aromatic carbocycles. The first-order valence-corrected chi connectivity index (χ1v) is 9.52. The molecular formula is C18H24N4S. The molecule has 0 saturated carbocycles. The third-order valence-electron chi connectivity index (χ3n) is 5.12. The highest BCUT2D eigenvalue weighted by molar-refractivity contribution is 7.09. The number of nitrogens with zero attached hydrogens (tertiary/aromatic N) is 4. The summed E-state index contributed by atoms with van der Waals surface area (Å²) in [6, 6.07) is 9.61. The number of fused-ring (bicyclic) bond motifs is 1. The van der Waals surface area contributed by atoms with Crippen LogP contribution < -0.4 is 4.90 Å². The molecule has 1 aliphatic heterocycles. The van der Waals surface area contributed by atoms with Gasteiger partial charge < -0.3 is 4.90 Å². The molecule has 2 heterocycles. The van der Waals surface area contributed by atoms with Crippen molar-refractivity contribution >= 4 is 16.7 Å². The van der Waals surface area contributed by atoms with Gasteiger partial charge in [-0.25, -0.2) is 4.98 Å². The highest BCUT2D eigenvalue weighted by atomic mass is 32.1. The van der Waals surface area contributed by atoms with Crippen molar-refractivity contribution in [1.82, 2.24) is 14.3 Å². The number of anilines is 1. The van der Waals surface area contributed by atoms with Gasteiger partial charge in [0.15, 0.2) is 0 Å². The summed E-state index contributed by atoms with van der Waals surface area (Å²) in [5.74, 6) is 0.982. The minimum Gasteiger partial charge on any atom is -0.346 e. The smallest absolute Gasteiger partial charge is 0.205 e. The summed E-state index contributed by atoms with van der Waals surface area (Å²) in [7, 11) is 0. The van der Waals surface area contributed by atoms with Gasteiger partial charge in [0.05, 0.1) is 0 Å². The molecule has 1 saturated heterocycles. The molecule has 1 aliphatic carbocycles. The Morgan fingerprint density at radius 3 is 2.96 bits per heavy atom. The molecule has 5 heteroatoms. The maximum absolute atomic E-state index is 4.67. The molecule has 23 heavy (non-hydrogen) atoms. The van der Waals surface area contributed by atoms with Crippen LogP contribution in [0.4, 0.5) is 5.13 Å². The van der Waals surface area contributed by atoms with Crippen LogP contribution in [0.3, 0.4) is 0 Å². The van der Waals surface area contributed by atoms with E-state index in [2.05, 4.69) is 50.3 Å². The van der Waals surface area contributed by atoms with Crippen LogP contribution in [0.1, 0.15) is 42.8 Å². The van der Waals surface area contributed by atoms with Gasteiger partial charge in [-0.15, -0.1) is 0 Å². The van der Waals surface area contributed by atoms with E-state index in [0.717, 1.165) is 37.0 Å². The van der Waals surface area contributed by atoms with Crippen LogP contribution >= 0.6 is 11.5 Å². The van der Waals surface area contributed by atoms with E-state index < -0.39 is 0 Å². The Balaban J connectivity index is 1.46. The van der Waals surface area contributed by atoms with Crippen molar-refractivity contribution in [3.05, 3.63) is 41.2 Å². The van der Waals surface area contributed by atoms with Crippen molar-refractivity contribution in [3.63, 3.8) is 0 Å². The second kappa shape index (κ2) is 6.57. The summed E-state index contributed by atoms with van der Waals surface area (Å²) < 4.78 is 4.44. The Labute approximate surface area is 142 Å². The number of benzene rings is 1. The van der Waals surface area contributed by atoms with E-state index in [0.29, 0.717) is 6.04 Å². The zero-order valence-corrected chi connectivity index (χ0v) is 14.6. The number of aryl methyl sites for hydroxylation is 2. The van der Waals surface area contributed by atoms with Crippen molar-refractivity contribution in [2.45, 2.75) is 38.6 Å². The first-order chi connectivity index (χ1) is 11.3. The molecular weight excluding hydrogens is 304 g/mol. The van der Waals surface area contributed by atoms with E-state index in [1.807, 2.05) is 0 Å². The first kappa shape index (κ1) is 15.1. The quantitative estimate of drug-likeness (QED) is 0.865. The molecule has 1 fully saturated rings. The predicted molar refractivity (Wildman–Crippen MR) is 95.2 cm³/mol. The van der Waals surface area contributed by atoms with Crippen LogP contribution in [-0.4, -0.2) is 40.4 Å². The van der Waals surface area contributed by atoms with Gasteiger partial charge in [-0.2, -0.15) is 4.37 Å². The van der Waals surface area contributed by atoms with Gasteiger partial charge in [-0.3, -0.25) is 4.90 Å². The molecule has 0 N–H and O–H groups in total. The lowest BCUT2D eigenvalue weighted by Crippen LogP contribution is -2.32. The van der Waals surface area contributed by atoms with Gasteiger partial charge in [0, 0.05) is 50.2 Å². The molecule has 2 aromatic rings. The Morgan fingerprint density at radius 2 is 2.09 bits per heavy atom. The lowest BCUT2D eigenvalue weighted by atomic mass is 10.1. The zero-order valence-electron chi connectivity index (χ0n) is 13.7. The minimum absolute atomic E-state index is 0.617. The van der Waals surface area contributed by atoms with E-state index >= 15 is 0 Å². The number of aromatic nitrogens is 2. The van der Waals surface area contributed by atoms with Crippen LogP contribution in [-0.2, 0) is 12.8 Å². The van der Waals surface area contributed by atoms with Gasteiger partial charge in [-0.1, -0.05) is 31.2 Å². The van der Waals surface area contributed by atoms with Crippen molar-refractivity contribution in [3.8, 4) is 0 Å². The molecule has 0 spiro atoms. The predicted octanol–water partition coefficient (Wildman–Crippen LogP) is 3.30. The third kappa shape index (κ3) is 3.00. The number of rotatable bonds is 3. The van der Waals surface area contributed by atoms with Crippen molar-refractivity contribution < 1.29 is 0 Å². The van der Waals surface area contributed by atoms with Gasteiger partial charge in [0.25, 0.3) is 0 Å². The summed E-state index contributed by atoms with van der Waals surface area (Å²) in [5, 5.41) is 1.11. The van der Waals surface area contributed by atoms with E-state index in [4.69, 9.17) is 0 Å². The van der Waals surface area contributed by atoms with Crippen LogP contribution in [0.2, 0.25) is 0 Å². The summed E-state index contributed by atoms with van der Waals surface area (Å²) in [6.45, 7) is 6.60. The largest absolute Gasteiger partial charge is 0.346 e. The topological polar surface area (TPSA) is 32.3 Å². The van der Waals surface area contributed by atoms with Crippen LogP contribution in [0, 0.1) is 0 Å². The third-order valence-corrected chi connectivity index (χ3v) is 5.93. The second-order valence-corrected chi connectivity index (χ2v) is 7.21. The molecule has 4 rings (SSSR count). The standard InChI is InChI=1S/C18H24N4S/c1-2-17-19-18(23-20-17)22-11-5-10-21(12-13-22)16-9-8-14-6-3-4-7-15(14)16/h3-4,6-7,16H,2,5,8-13H2,1H3. The Bertz CT molecular complexity index is 669. The summed E-state index contributed by atoms with van der Waals surface area (Å²) >= 11 is 1.56. The van der Waals surface area contributed by atoms with E-state index in [-0.39, 0.29) is 0 Å². The molecule has 1 atom stereocenters. The fourth-order valence-electron chi connectivity index (χ4n) is 3.87. The zero-order chi connectivity index (χ0) is 15.6. The van der Waals surface area contributed by atoms with Crippen LogP contribution in [0.25, 0.3) is 0 Å². The summed E-state index contributed by atoms with van der Waals surface area (Å²) in [5.41, 5.74) is 3.11. The minimum atomic E-state index is 0.617. The summed E-state index contributed by atoms with van der Waals surface area (Å²) in [4.78, 5) is 9.78. The summed E-state index contributed by atoms with van der Waals surface area (Å²) in [6.07, 6.45) is 4.64. The highest BCUT2D eigenvalue weighted by Gasteiger charge is 2.29. The molecule has 1 aromatic heterocycles. The van der Waals surface area contributed by atoms with Crippen molar-refractivity contribution in [1.29, 1.82) is 0 Å². The van der Waals surface area contributed by atoms with Gasteiger partial charge in [-0.05, 0) is 30.4 Å². The van der Waals surface area contributed by atoms with Gasteiger partial charge >= 0.3 is 0 Å². The van der Waals surface area contributed by atoms with Crippen molar-refractivity contribution in [2.75, 3.05) is 31.1 Å². The number of hydrogen-bond acceptors (Lipinski definition) is 5. The highest BCUT2D eigenvalue weighted by Crippen LogP contribution is 2.36. The Hall–Kier alpha value is -1.46. The maximum Gasteiger partial charge on any atom is 0.205 e. The van der Waals surface area contributed by atoms with E-state index in [9.17, 15) is 0 Å². The normalized spacial score (nSPS) is 22.1. The molecule has 122 valence electrons. The lowest BCUT2D eigenvalue weighted by molar-refractivity contribution is 0.211. The van der Waals surface area contributed by atoms with Crippen LogP contribution in [0.15, 0.2) is 24.3 Å². The molecule has 4 nitrogen and oxygen atoms in total. The average molecular weight is 328 g/mol. The Morgan fingerprint density at radius 1 is 1.17 bits per heavy atom. The number of hydrogen-bond donors (Lipinski definition) is 0. The molecule has 1 unspecified atom stereocenters. The van der Waals surface area contributed by atoms with Crippen LogP contribution in [0.5, 0.6) is 0 Å². The van der Waals surface area contributed by atoms with Gasteiger partial charge in [0.2, 0.25) is 5.13 Å². The fraction of sp³-hybridized carbons (Fsp3) is 0.556. The Kier molecular flexibility index (Phi) is 4.31. The first-order valence-electron chi connectivity index (χ1n) is 8.74. The molecule has 2 aliphatic rings. The molecule has 0 bridgehead atoms. The van der Waals surface area contributed by atoms with E-state index in [1.54, 1.807) is 22.7 Å². The fourth-order valence-corrected chi connectivity index (χ4v) is 4.67. The molecule has 0 amide bonds. The SMILES string of the molecule is CCc1nsc(N2CCCN(C3CCc4ccccc43)CC2)n1. The average Bonchev–Trinajstić information content (AvgIpc) is 3.17. The second-order valence-electron chi connectivity index (χ2n) is 6.48. The maximum atomic E-state index is 4.67.